The van der Waals surface area contributed by atoms with E-state index in [2.05, 4.69) is 40.2 Å². The van der Waals surface area contributed by atoms with E-state index >= 15 is 0 Å². The summed E-state index contributed by atoms with van der Waals surface area (Å²) in [7, 11) is 0. The highest BCUT2D eigenvalue weighted by atomic mass is 15.0. The van der Waals surface area contributed by atoms with Gasteiger partial charge in [0.25, 0.3) is 0 Å². The molecule has 4 nitrogen and oxygen atoms in total. The number of hydrogen-bond acceptors (Lipinski definition) is 4. The second-order valence-corrected chi connectivity index (χ2v) is 3.76. The van der Waals surface area contributed by atoms with Gasteiger partial charge < -0.3 is 5.32 Å². The van der Waals surface area contributed by atoms with E-state index in [1.54, 1.807) is 12.4 Å². The van der Waals surface area contributed by atoms with Crippen LogP contribution >= 0.6 is 0 Å². The summed E-state index contributed by atoms with van der Waals surface area (Å²) in [4.78, 5) is 12.7. The largest absolute Gasteiger partial charge is 0.367 e. The van der Waals surface area contributed by atoms with Crippen molar-refractivity contribution in [2.45, 2.75) is 13.8 Å². The first-order chi connectivity index (χ1) is 7.75. The van der Waals surface area contributed by atoms with Crippen LogP contribution in [0.25, 0.3) is 11.2 Å². The lowest BCUT2D eigenvalue weighted by Gasteiger charge is -2.03. The molecule has 0 aromatic carbocycles. The molecular weight excluding hydrogens is 200 g/mol. The summed E-state index contributed by atoms with van der Waals surface area (Å²) in [5.74, 6) is 0.825. The molecule has 0 aliphatic carbocycles. The predicted octanol–water partition coefficient (Wildman–Crippen LogP) is 2.40. The molecule has 0 saturated carbocycles. The molecule has 0 spiro atoms. The number of anilines is 1. The van der Waals surface area contributed by atoms with Crippen LogP contribution in [-0.2, 0) is 0 Å². The van der Waals surface area contributed by atoms with E-state index < -0.39 is 0 Å². The summed E-state index contributed by atoms with van der Waals surface area (Å²) in [5.41, 5.74) is 2.77. The van der Waals surface area contributed by atoms with E-state index in [1.807, 2.05) is 12.1 Å². The number of pyridine rings is 1. The molecule has 2 rings (SSSR count). The lowest BCUT2D eigenvalue weighted by atomic mass is 10.3. The van der Waals surface area contributed by atoms with Crippen molar-refractivity contribution in [1.29, 1.82) is 0 Å². The Morgan fingerprint density at radius 2 is 2.06 bits per heavy atom. The van der Waals surface area contributed by atoms with E-state index in [-0.39, 0.29) is 0 Å². The van der Waals surface area contributed by atoms with Gasteiger partial charge in [0, 0.05) is 18.9 Å². The van der Waals surface area contributed by atoms with Crippen molar-refractivity contribution in [2.75, 3.05) is 11.9 Å². The maximum absolute atomic E-state index is 4.36. The quantitative estimate of drug-likeness (QED) is 0.797. The Balaban J connectivity index is 2.16. The minimum absolute atomic E-state index is 0.671. The second-order valence-electron chi connectivity index (χ2n) is 3.76. The second kappa shape index (κ2) is 4.70. The average Bonchev–Trinajstić information content (AvgIpc) is 2.28. The molecule has 16 heavy (non-hydrogen) atoms. The number of nitrogens with one attached hydrogen (secondary N) is 1. The normalized spacial score (nSPS) is 10.1. The third kappa shape index (κ3) is 2.53. The van der Waals surface area contributed by atoms with E-state index in [1.165, 1.54) is 5.57 Å². The summed E-state index contributed by atoms with van der Waals surface area (Å²) in [6.45, 7) is 4.92. The summed E-state index contributed by atoms with van der Waals surface area (Å²) >= 11 is 0. The number of nitrogens with zero attached hydrogens (tertiary/aromatic N) is 3. The van der Waals surface area contributed by atoms with Gasteiger partial charge in [-0.2, -0.15) is 0 Å². The van der Waals surface area contributed by atoms with Crippen LogP contribution in [0.5, 0.6) is 0 Å². The van der Waals surface area contributed by atoms with Gasteiger partial charge in [0.15, 0.2) is 5.65 Å². The molecule has 2 aromatic heterocycles. The summed E-state index contributed by atoms with van der Waals surface area (Å²) in [6.07, 6.45) is 5.43. The molecule has 0 aliphatic rings. The van der Waals surface area contributed by atoms with E-state index in [4.69, 9.17) is 0 Å². The summed E-state index contributed by atoms with van der Waals surface area (Å²) < 4.78 is 0. The SMILES string of the molecule is CC(C)=CCNc1ccc2nccnc2n1. The molecule has 0 aliphatic heterocycles. The van der Waals surface area contributed by atoms with Crippen LogP contribution in [0.15, 0.2) is 36.2 Å². The molecule has 2 aromatic rings. The third-order valence-corrected chi connectivity index (χ3v) is 2.13. The first-order valence-corrected chi connectivity index (χ1v) is 5.21. The lowest BCUT2D eigenvalue weighted by Crippen LogP contribution is -2.01. The van der Waals surface area contributed by atoms with E-state index in [0.717, 1.165) is 17.9 Å². The van der Waals surface area contributed by atoms with E-state index in [0.29, 0.717) is 5.65 Å². The Kier molecular flexibility index (Phi) is 3.10. The van der Waals surface area contributed by atoms with Gasteiger partial charge in [-0.15, -0.1) is 0 Å². The Hall–Kier alpha value is -1.97. The van der Waals surface area contributed by atoms with Crippen molar-refractivity contribution < 1.29 is 0 Å². The van der Waals surface area contributed by atoms with Crippen LogP contribution in [0.4, 0.5) is 5.82 Å². The number of allylic oxidation sites excluding steroid dienone is 1. The Morgan fingerprint density at radius 3 is 2.88 bits per heavy atom. The van der Waals surface area contributed by atoms with Crippen LogP contribution in [0.2, 0.25) is 0 Å². The van der Waals surface area contributed by atoms with Crippen LogP contribution in [0.1, 0.15) is 13.8 Å². The molecule has 82 valence electrons. The zero-order valence-electron chi connectivity index (χ0n) is 9.44. The van der Waals surface area contributed by atoms with Gasteiger partial charge in [-0.3, -0.25) is 4.98 Å². The van der Waals surface area contributed by atoms with Gasteiger partial charge in [0.1, 0.15) is 11.3 Å². The summed E-state index contributed by atoms with van der Waals surface area (Å²) in [5, 5.41) is 3.21. The van der Waals surface area contributed by atoms with Gasteiger partial charge in [-0.05, 0) is 26.0 Å². The maximum atomic E-state index is 4.36. The third-order valence-electron chi connectivity index (χ3n) is 2.13. The Bertz CT molecular complexity index is 515. The predicted molar refractivity (Wildman–Crippen MR) is 65.3 cm³/mol. The number of hydrogen-bond donors (Lipinski definition) is 1. The fourth-order valence-electron chi connectivity index (χ4n) is 1.31. The molecule has 1 N–H and O–H groups in total. The van der Waals surface area contributed by atoms with Crippen molar-refractivity contribution in [3.05, 3.63) is 36.2 Å². The molecular formula is C12H14N4. The Morgan fingerprint density at radius 1 is 1.25 bits per heavy atom. The average molecular weight is 214 g/mol. The highest BCUT2D eigenvalue weighted by Crippen LogP contribution is 2.09. The first kappa shape index (κ1) is 10.5. The van der Waals surface area contributed by atoms with Gasteiger partial charge >= 0.3 is 0 Å². The van der Waals surface area contributed by atoms with Crippen LogP contribution < -0.4 is 5.32 Å². The van der Waals surface area contributed by atoms with E-state index in [9.17, 15) is 0 Å². The molecule has 0 saturated heterocycles. The standard InChI is InChI=1S/C12H14N4/c1-9(2)5-6-14-11-4-3-10-12(16-11)15-8-7-13-10/h3-5,7-8H,6H2,1-2H3,(H,14,15,16). The molecule has 2 heterocycles. The smallest absolute Gasteiger partial charge is 0.180 e. The zero-order chi connectivity index (χ0) is 11.4. The van der Waals surface area contributed by atoms with Crippen molar-refractivity contribution >= 4 is 17.0 Å². The molecule has 0 radical (unpaired) electrons. The summed E-state index contributed by atoms with van der Waals surface area (Å²) in [6, 6.07) is 3.83. The van der Waals surface area contributed by atoms with Crippen molar-refractivity contribution in [3.63, 3.8) is 0 Å². The van der Waals surface area contributed by atoms with Gasteiger partial charge in [0.05, 0.1) is 0 Å². The topological polar surface area (TPSA) is 50.7 Å². The molecule has 4 heteroatoms. The molecule has 0 fully saturated rings. The fourth-order valence-corrected chi connectivity index (χ4v) is 1.31. The molecule has 0 amide bonds. The first-order valence-electron chi connectivity index (χ1n) is 5.21. The zero-order valence-corrected chi connectivity index (χ0v) is 9.44. The fraction of sp³-hybridized carbons (Fsp3) is 0.250. The van der Waals surface area contributed by atoms with Crippen LogP contribution in [0, 0.1) is 0 Å². The minimum Gasteiger partial charge on any atom is -0.367 e. The van der Waals surface area contributed by atoms with Crippen molar-refractivity contribution in [2.24, 2.45) is 0 Å². The monoisotopic (exact) mass is 214 g/mol. The molecule has 0 atom stereocenters. The highest BCUT2D eigenvalue weighted by molar-refractivity contribution is 5.71. The van der Waals surface area contributed by atoms with Gasteiger partial charge in [0.2, 0.25) is 0 Å². The van der Waals surface area contributed by atoms with Gasteiger partial charge in [-0.25, -0.2) is 9.97 Å². The van der Waals surface area contributed by atoms with Crippen LogP contribution in [0.3, 0.4) is 0 Å². The van der Waals surface area contributed by atoms with Crippen LogP contribution in [-0.4, -0.2) is 21.5 Å². The maximum Gasteiger partial charge on any atom is 0.180 e. The van der Waals surface area contributed by atoms with Gasteiger partial charge in [-0.1, -0.05) is 11.6 Å². The number of aromatic nitrogens is 3. The van der Waals surface area contributed by atoms with Crippen molar-refractivity contribution in [1.82, 2.24) is 15.0 Å². The van der Waals surface area contributed by atoms with Crippen molar-refractivity contribution in [3.8, 4) is 0 Å². The number of fused-ring (bicyclic) bond motifs is 1. The number of rotatable bonds is 3. The molecule has 0 bridgehead atoms. The minimum atomic E-state index is 0.671. The lowest BCUT2D eigenvalue weighted by molar-refractivity contribution is 1.18. The molecule has 0 unspecified atom stereocenters. The highest BCUT2D eigenvalue weighted by Gasteiger charge is 1.97. The Labute approximate surface area is 94.5 Å².